The van der Waals surface area contributed by atoms with Crippen molar-refractivity contribution in [1.82, 2.24) is 4.90 Å². The number of rotatable bonds is 8. The van der Waals surface area contributed by atoms with E-state index in [1.54, 1.807) is 0 Å². The van der Waals surface area contributed by atoms with Crippen LogP contribution in [-0.4, -0.2) is 32.1 Å². The molecule has 22 heavy (non-hydrogen) atoms. The summed E-state index contributed by atoms with van der Waals surface area (Å²) >= 11 is 3.48. The van der Waals surface area contributed by atoms with Gasteiger partial charge in [-0.25, -0.2) is 0 Å². The van der Waals surface area contributed by atoms with Crippen molar-refractivity contribution in [2.24, 2.45) is 0 Å². The van der Waals surface area contributed by atoms with E-state index in [0.29, 0.717) is 0 Å². The van der Waals surface area contributed by atoms with E-state index in [1.165, 1.54) is 16.7 Å². The zero-order chi connectivity index (χ0) is 15.8. The van der Waals surface area contributed by atoms with Crippen LogP contribution in [0.5, 0.6) is 5.75 Å². The number of halogens is 1. The molecule has 0 aliphatic heterocycles. The highest BCUT2D eigenvalue weighted by atomic mass is 79.9. The van der Waals surface area contributed by atoms with Crippen LogP contribution in [0, 0.1) is 0 Å². The quantitative estimate of drug-likeness (QED) is 0.649. The Morgan fingerprint density at radius 3 is 2.27 bits per heavy atom. The fraction of sp³-hybridized carbons (Fsp3) is 0.368. The molecule has 2 aromatic carbocycles. The van der Waals surface area contributed by atoms with E-state index in [9.17, 15) is 0 Å². The number of aryl methyl sites for hydroxylation is 2. The highest BCUT2D eigenvalue weighted by Crippen LogP contribution is 2.16. The second-order valence-corrected chi connectivity index (χ2v) is 6.31. The molecule has 0 aliphatic carbocycles. The summed E-state index contributed by atoms with van der Waals surface area (Å²) < 4.78 is 5.79. The lowest BCUT2D eigenvalue weighted by Crippen LogP contribution is -2.19. The summed E-state index contributed by atoms with van der Waals surface area (Å²) in [4.78, 5) is 2.13. The van der Waals surface area contributed by atoms with E-state index in [4.69, 9.17) is 4.74 Å². The van der Waals surface area contributed by atoms with Crippen molar-refractivity contribution in [3.8, 4) is 5.75 Å². The number of hydrogen-bond acceptors (Lipinski definition) is 2. The molecule has 0 aliphatic rings. The van der Waals surface area contributed by atoms with Crippen molar-refractivity contribution < 1.29 is 4.74 Å². The minimum atomic E-state index is 0.727. The Morgan fingerprint density at radius 1 is 0.909 bits per heavy atom. The lowest BCUT2D eigenvalue weighted by Gasteiger charge is -2.11. The Balaban J connectivity index is 1.86. The summed E-state index contributed by atoms with van der Waals surface area (Å²) in [6, 6.07) is 17.2. The summed E-state index contributed by atoms with van der Waals surface area (Å²) in [5, 5.41) is 0.916. The maximum absolute atomic E-state index is 5.79. The van der Waals surface area contributed by atoms with Gasteiger partial charge in [0.2, 0.25) is 0 Å². The third kappa shape index (κ3) is 5.82. The van der Waals surface area contributed by atoms with Gasteiger partial charge < -0.3 is 9.64 Å². The number of hydrogen-bond donors (Lipinski definition) is 0. The largest absolute Gasteiger partial charge is 0.492 e. The topological polar surface area (TPSA) is 12.5 Å². The van der Waals surface area contributed by atoms with Crippen molar-refractivity contribution >= 4 is 15.9 Å². The van der Waals surface area contributed by atoms with E-state index in [1.807, 2.05) is 6.07 Å². The van der Waals surface area contributed by atoms with Crippen LogP contribution in [0.2, 0.25) is 0 Å². The Labute approximate surface area is 142 Å². The lowest BCUT2D eigenvalue weighted by molar-refractivity contribution is 0.261. The summed E-state index contributed by atoms with van der Waals surface area (Å²) in [6.07, 6.45) is 2.10. The Kier molecular flexibility index (Phi) is 6.94. The van der Waals surface area contributed by atoms with Gasteiger partial charge in [0, 0.05) is 11.9 Å². The first-order valence-electron chi connectivity index (χ1n) is 7.67. The highest BCUT2D eigenvalue weighted by molar-refractivity contribution is 9.08. The lowest BCUT2D eigenvalue weighted by atomic mass is 10.0. The first-order chi connectivity index (χ1) is 10.7. The monoisotopic (exact) mass is 361 g/mol. The molecule has 2 rings (SSSR count). The van der Waals surface area contributed by atoms with Gasteiger partial charge >= 0.3 is 0 Å². The standard InChI is InChI=1S/C19H24BrNO/c1-21(2)12-13-22-19-5-3-4-17(14-19)9-6-16-7-10-18(15-20)11-8-16/h3-5,7-8,10-11,14H,6,9,12-13,15H2,1-2H3. The van der Waals surface area contributed by atoms with Crippen LogP contribution in [0.4, 0.5) is 0 Å². The smallest absolute Gasteiger partial charge is 0.119 e. The molecule has 0 atom stereocenters. The van der Waals surface area contributed by atoms with E-state index in [0.717, 1.165) is 37.1 Å². The molecular weight excluding hydrogens is 338 g/mol. The Hall–Kier alpha value is -1.32. The number of nitrogens with zero attached hydrogens (tertiary/aromatic N) is 1. The number of likely N-dealkylation sites (N-methyl/N-ethyl adjacent to an activating group) is 1. The van der Waals surface area contributed by atoms with Crippen molar-refractivity contribution in [3.05, 3.63) is 65.2 Å². The van der Waals surface area contributed by atoms with E-state index in [-0.39, 0.29) is 0 Å². The second-order valence-electron chi connectivity index (χ2n) is 5.75. The molecule has 0 amide bonds. The molecule has 0 fully saturated rings. The normalized spacial score (nSPS) is 10.9. The summed E-state index contributed by atoms with van der Waals surface area (Å²) in [7, 11) is 4.11. The summed E-state index contributed by atoms with van der Waals surface area (Å²) in [5.74, 6) is 0.967. The summed E-state index contributed by atoms with van der Waals surface area (Å²) in [5.41, 5.74) is 4.02. The van der Waals surface area contributed by atoms with Gasteiger partial charge in [-0.1, -0.05) is 52.3 Å². The van der Waals surface area contributed by atoms with Crippen molar-refractivity contribution in [3.63, 3.8) is 0 Å². The number of benzene rings is 2. The zero-order valence-electron chi connectivity index (χ0n) is 13.4. The van der Waals surface area contributed by atoms with Crippen LogP contribution < -0.4 is 4.74 Å². The van der Waals surface area contributed by atoms with Crippen LogP contribution >= 0.6 is 15.9 Å². The molecule has 3 heteroatoms. The molecule has 118 valence electrons. The minimum Gasteiger partial charge on any atom is -0.492 e. The van der Waals surface area contributed by atoms with Gasteiger partial charge in [0.15, 0.2) is 0 Å². The molecule has 0 unspecified atom stereocenters. The van der Waals surface area contributed by atoms with E-state index < -0.39 is 0 Å². The van der Waals surface area contributed by atoms with Crippen molar-refractivity contribution in [1.29, 1.82) is 0 Å². The second kappa shape index (κ2) is 8.96. The van der Waals surface area contributed by atoms with Crippen molar-refractivity contribution in [2.75, 3.05) is 27.2 Å². The first kappa shape index (κ1) is 17.0. The van der Waals surface area contributed by atoms with Crippen LogP contribution in [0.3, 0.4) is 0 Å². The predicted octanol–water partition coefficient (Wildman–Crippen LogP) is 4.31. The molecule has 0 aromatic heterocycles. The fourth-order valence-corrected chi connectivity index (χ4v) is 2.59. The van der Waals surface area contributed by atoms with Gasteiger partial charge in [0.1, 0.15) is 12.4 Å². The number of alkyl halides is 1. The average Bonchev–Trinajstić information content (AvgIpc) is 2.53. The van der Waals surface area contributed by atoms with Gasteiger partial charge in [-0.05, 0) is 55.8 Å². The molecule has 0 radical (unpaired) electrons. The third-order valence-corrected chi connectivity index (χ3v) is 4.23. The fourth-order valence-electron chi connectivity index (χ4n) is 2.22. The SMILES string of the molecule is CN(C)CCOc1cccc(CCc2ccc(CBr)cc2)c1. The van der Waals surface area contributed by atoms with Gasteiger partial charge in [-0.3, -0.25) is 0 Å². The maximum atomic E-state index is 5.79. The Bertz CT molecular complexity index is 566. The average molecular weight is 362 g/mol. The molecular formula is C19H24BrNO. The van der Waals surface area contributed by atoms with E-state index in [2.05, 4.69) is 77.4 Å². The van der Waals surface area contributed by atoms with Gasteiger partial charge in [-0.2, -0.15) is 0 Å². The van der Waals surface area contributed by atoms with Gasteiger partial charge in [0.05, 0.1) is 0 Å². The minimum absolute atomic E-state index is 0.727. The third-order valence-electron chi connectivity index (χ3n) is 3.59. The molecule has 0 N–H and O–H groups in total. The predicted molar refractivity (Wildman–Crippen MR) is 97.0 cm³/mol. The molecule has 2 nitrogen and oxygen atoms in total. The molecule has 0 heterocycles. The van der Waals surface area contributed by atoms with Gasteiger partial charge in [-0.15, -0.1) is 0 Å². The number of ether oxygens (including phenoxy) is 1. The van der Waals surface area contributed by atoms with Crippen LogP contribution in [0.1, 0.15) is 16.7 Å². The molecule has 0 saturated heterocycles. The first-order valence-corrected chi connectivity index (χ1v) is 8.80. The maximum Gasteiger partial charge on any atom is 0.119 e. The highest BCUT2D eigenvalue weighted by Gasteiger charge is 2.00. The molecule has 2 aromatic rings. The molecule has 0 spiro atoms. The summed E-state index contributed by atoms with van der Waals surface area (Å²) in [6.45, 7) is 1.66. The van der Waals surface area contributed by atoms with Crippen LogP contribution in [-0.2, 0) is 18.2 Å². The van der Waals surface area contributed by atoms with E-state index >= 15 is 0 Å². The molecule has 0 saturated carbocycles. The van der Waals surface area contributed by atoms with Gasteiger partial charge in [0.25, 0.3) is 0 Å². The zero-order valence-corrected chi connectivity index (χ0v) is 15.0. The van der Waals surface area contributed by atoms with Crippen LogP contribution in [0.15, 0.2) is 48.5 Å². The Morgan fingerprint density at radius 2 is 1.59 bits per heavy atom. The van der Waals surface area contributed by atoms with Crippen molar-refractivity contribution in [2.45, 2.75) is 18.2 Å². The molecule has 0 bridgehead atoms. The van der Waals surface area contributed by atoms with Crippen LogP contribution in [0.25, 0.3) is 0 Å².